The molecule has 2 heterocycles. The van der Waals surface area contributed by atoms with Gasteiger partial charge in [0.05, 0.1) is 27.8 Å². The second kappa shape index (κ2) is 12.6. The van der Waals surface area contributed by atoms with Gasteiger partial charge in [0.2, 0.25) is 5.95 Å². The van der Waals surface area contributed by atoms with Gasteiger partial charge < -0.3 is 0 Å². The summed E-state index contributed by atoms with van der Waals surface area (Å²) in [4.78, 5) is 10.9. The van der Waals surface area contributed by atoms with Crippen molar-refractivity contribution in [1.29, 1.82) is 0 Å². The van der Waals surface area contributed by atoms with E-state index in [9.17, 15) is 0 Å². The van der Waals surface area contributed by atoms with Crippen molar-refractivity contribution in [3.63, 3.8) is 0 Å². The van der Waals surface area contributed by atoms with Crippen molar-refractivity contribution in [2.75, 3.05) is 0 Å². The number of fused-ring (bicyclic) bond motifs is 7. The average molecular weight is 762 g/mol. The predicted octanol–water partition coefficient (Wildman–Crippen LogP) is 14.1. The number of benzene rings is 9. The van der Waals surface area contributed by atoms with Gasteiger partial charge in [0.25, 0.3) is 0 Å². The quantitative estimate of drug-likeness (QED) is 0.175. The van der Waals surface area contributed by atoms with Gasteiger partial charge in [-0.2, -0.15) is 0 Å². The molecular weight excluding hydrogens is 727 g/mol. The Labute approximate surface area is 347 Å². The second-order valence-corrected chi connectivity index (χ2v) is 16.0. The molecule has 2 aliphatic rings. The van der Waals surface area contributed by atoms with Crippen LogP contribution in [-0.4, -0.2) is 14.5 Å². The third kappa shape index (κ3) is 4.49. The van der Waals surface area contributed by atoms with Gasteiger partial charge in [0.15, 0.2) is 0 Å². The zero-order chi connectivity index (χ0) is 39.4. The molecule has 2 aliphatic carbocycles. The first-order chi connectivity index (χ1) is 29.8. The van der Waals surface area contributed by atoms with Crippen molar-refractivity contribution < 1.29 is 0 Å². The van der Waals surface area contributed by atoms with Crippen molar-refractivity contribution in [3.8, 4) is 61.8 Å². The molecule has 0 saturated heterocycles. The average Bonchev–Trinajstić information content (AvgIpc) is 3.82. The van der Waals surface area contributed by atoms with Gasteiger partial charge in [-0.25, -0.2) is 9.97 Å². The molecule has 0 bridgehead atoms. The topological polar surface area (TPSA) is 30.7 Å². The lowest BCUT2D eigenvalue weighted by molar-refractivity contribution is 0.783. The Morgan fingerprint density at radius 2 is 0.817 bits per heavy atom. The molecule has 0 N–H and O–H groups in total. The monoisotopic (exact) mass is 761 g/mol. The second-order valence-electron chi connectivity index (χ2n) is 16.0. The summed E-state index contributed by atoms with van der Waals surface area (Å²) >= 11 is 0. The molecule has 0 radical (unpaired) electrons. The van der Waals surface area contributed by atoms with Gasteiger partial charge in [-0.3, -0.25) is 4.57 Å². The lowest BCUT2D eigenvalue weighted by Crippen LogP contribution is -2.30. The summed E-state index contributed by atoms with van der Waals surface area (Å²) in [7, 11) is 0. The van der Waals surface area contributed by atoms with E-state index in [-0.39, 0.29) is 0 Å². The Balaban J connectivity index is 1.21. The lowest BCUT2D eigenvalue weighted by atomic mass is 9.63. The number of hydrogen-bond donors (Lipinski definition) is 0. The van der Waals surface area contributed by atoms with E-state index in [2.05, 4.69) is 217 Å². The molecule has 0 unspecified atom stereocenters. The zero-order valence-corrected chi connectivity index (χ0v) is 32.5. The molecule has 3 nitrogen and oxygen atoms in total. The highest BCUT2D eigenvalue weighted by atomic mass is 15.2. The fourth-order valence-corrected chi connectivity index (χ4v) is 10.6. The normalized spacial score (nSPS) is 13.1. The molecule has 13 rings (SSSR count). The summed E-state index contributed by atoms with van der Waals surface area (Å²) in [6.07, 6.45) is 0. The van der Waals surface area contributed by atoms with Gasteiger partial charge in [0.1, 0.15) is 0 Å². The van der Waals surface area contributed by atoms with Crippen molar-refractivity contribution >= 4 is 32.6 Å². The third-order valence-electron chi connectivity index (χ3n) is 13.0. The van der Waals surface area contributed by atoms with Gasteiger partial charge >= 0.3 is 0 Å². The summed E-state index contributed by atoms with van der Waals surface area (Å²) in [6, 6.07) is 77.2. The Bertz CT molecular complexity index is 3430. The SMILES string of the molecule is c1ccc(-c2cccc(-c3cc4c5c6c(cccc36)C3(c6ccccc6-c6ccccc63)c3cccc(c35)n4-c3nc(-c4ccccc4)cc(-c4ccccc4)n3)c2)cc1. The molecule has 2 aromatic heterocycles. The van der Waals surface area contributed by atoms with E-state index in [0.29, 0.717) is 5.95 Å². The van der Waals surface area contributed by atoms with Gasteiger partial charge in [0, 0.05) is 21.9 Å². The first kappa shape index (κ1) is 33.1. The molecule has 0 atom stereocenters. The zero-order valence-electron chi connectivity index (χ0n) is 32.5. The van der Waals surface area contributed by atoms with Crippen LogP contribution in [0, 0.1) is 0 Å². The van der Waals surface area contributed by atoms with Crippen LogP contribution in [0.2, 0.25) is 0 Å². The van der Waals surface area contributed by atoms with Crippen LogP contribution in [0.3, 0.4) is 0 Å². The Kier molecular flexibility index (Phi) is 6.93. The Hall–Kier alpha value is -7.88. The molecule has 278 valence electrons. The van der Waals surface area contributed by atoms with Crippen LogP contribution in [-0.2, 0) is 5.41 Å². The molecule has 0 aliphatic heterocycles. The molecule has 1 spiro atoms. The number of nitrogens with zero attached hydrogens (tertiary/aromatic N) is 3. The van der Waals surface area contributed by atoms with Crippen LogP contribution < -0.4 is 0 Å². The molecular formula is C57H35N3. The highest BCUT2D eigenvalue weighted by Gasteiger charge is 2.50. The van der Waals surface area contributed by atoms with Crippen LogP contribution >= 0.6 is 0 Å². The first-order valence-corrected chi connectivity index (χ1v) is 20.7. The summed E-state index contributed by atoms with van der Waals surface area (Å²) in [5.74, 6) is 0.649. The molecule has 11 aromatic rings. The maximum Gasteiger partial charge on any atom is 0.235 e. The van der Waals surface area contributed by atoms with E-state index in [4.69, 9.17) is 9.97 Å². The van der Waals surface area contributed by atoms with Gasteiger partial charge in [-0.1, -0.05) is 188 Å². The molecule has 0 fully saturated rings. The Morgan fingerprint density at radius 1 is 0.317 bits per heavy atom. The maximum atomic E-state index is 5.47. The van der Waals surface area contributed by atoms with E-state index in [0.717, 1.165) is 33.5 Å². The number of rotatable bonds is 5. The summed E-state index contributed by atoms with van der Waals surface area (Å²) in [5, 5.41) is 5.02. The van der Waals surface area contributed by atoms with Crippen LogP contribution in [0.15, 0.2) is 212 Å². The van der Waals surface area contributed by atoms with Gasteiger partial charge in [-0.05, 0) is 90.7 Å². The lowest BCUT2D eigenvalue weighted by Gasteiger charge is -2.38. The van der Waals surface area contributed by atoms with Crippen LogP contribution in [0.1, 0.15) is 22.3 Å². The van der Waals surface area contributed by atoms with E-state index in [1.165, 1.54) is 77.2 Å². The van der Waals surface area contributed by atoms with E-state index in [1.54, 1.807) is 0 Å². The predicted molar refractivity (Wildman–Crippen MR) is 246 cm³/mol. The van der Waals surface area contributed by atoms with Crippen molar-refractivity contribution in [2.45, 2.75) is 5.41 Å². The van der Waals surface area contributed by atoms with E-state index in [1.807, 2.05) is 0 Å². The highest BCUT2D eigenvalue weighted by molar-refractivity contribution is 6.28. The smallest absolute Gasteiger partial charge is 0.235 e. The van der Waals surface area contributed by atoms with E-state index < -0.39 is 5.41 Å². The minimum atomic E-state index is -0.537. The molecule has 3 heteroatoms. The first-order valence-electron chi connectivity index (χ1n) is 20.7. The third-order valence-corrected chi connectivity index (χ3v) is 13.0. The van der Waals surface area contributed by atoms with Crippen molar-refractivity contribution in [3.05, 3.63) is 235 Å². The van der Waals surface area contributed by atoms with Crippen molar-refractivity contribution in [1.82, 2.24) is 14.5 Å². The standard InChI is InChI=1S/C57H35N3/c1-4-17-36(18-5-1)39-23-14-24-40(33-39)44-34-52-55-53-43(44)27-15-30-47(53)57(45-28-12-10-25-41(45)42-26-11-13-29-46(42)57)48-31-16-32-51(54(48)55)60(52)56-58-49(37-19-6-2-7-20-37)35-50(59-56)38-21-8-3-9-22-38/h1-35H. The molecule has 9 aromatic carbocycles. The number of aromatic nitrogens is 3. The maximum absolute atomic E-state index is 5.47. The molecule has 0 amide bonds. The summed E-state index contributed by atoms with van der Waals surface area (Å²) in [6.45, 7) is 0. The fraction of sp³-hybridized carbons (Fsp3) is 0.0175. The minimum absolute atomic E-state index is 0.537. The molecule has 0 saturated carbocycles. The largest absolute Gasteiger partial charge is 0.278 e. The Morgan fingerprint density at radius 3 is 1.47 bits per heavy atom. The van der Waals surface area contributed by atoms with Crippen LogP contribution in [0.5, 0.6) is 0 Å². The number of hydrogen-bond acceptors (Lipinski definition) is 2. The minimum Gasteiger partial charge on any atom is -0.278 e. The van der Waals surface area contributed by atoms with E-state index >= 15 is 0 Å². The molecule has 60 heavy (non-hydrogen) atoms. The fourth-order valence-electron chi connectivity index (χ4n) is 10.6. The summed E-state index contributed by atoms with van der Waals surface area (Å²) < 4.78 is 2.35. The van der Waals surface area contributed by atoms with Crippen molar-refractivity contribution in [2.24, 2.45) is 0 Å². The van der Waals surface area contributed by atoms with Crippen LogP contribution in [0.25, 0.3) is 94.4 Å². The van der Waals surface area contributed by atoms with Crippen LogP contribution in [0.4, 0.5) is 0 Å². The summed E-state index contributed by atoms with van der Waals surface area (Å²) in [5.41, 5.74) is 18.1. The van der Waals surface area contributed by atoms with Gasteiger partial charge in [-0.15, -0.1) is 0 Å². The highest BCUT2D eigenvalue weighted by Crippen LogP contribution is 2.62.